The second kappa shape index (κ2) is 6.24. The Bertz CT molecular complexity index is 1180. The van der Waals surface area contributed by atoms with Gasteiger partial charge in [0.2, 0.25) is 0 Å². The van der Waals surface area contributed by atoms with Crippen molar-refractivity contribution in [2.24, 2.45) is 16.3 Å². The standard InChI is InChI=1S/C26H25NO3/c1-13-9-15(10-14(2)24(13)29)20-21-18(11-26(3,4)12-19(21)28)27-23-16-7-5-6-8-17(16)25(30)22(20)23/h5-10,20-21,29H,11-12H2,1-4H3/t20-,21+/m1/s1. The lowest BCUT2D eigenvalue weighted by Crippen LogP contribution is -2.43. The van der Waals surface area contributed by atoms with Crippen molar-refractivity contribution in [1.29, 1.82) is 0 Å². The van der Waals surface area contributed by atoms with Crippen molar-refractivity contribution in [3.05, 3.63) is 69.8 Å². The fraction of sp³-hybridized carbons (Fsp3) is 0.346. The van der Waals surface area contributed by atoms with Crippen LogP contribution in [0.5, 0.6) is 5.75 Å². The molecule has 0 bridgehead atoms. The van der Waals surface area contributed by atoms with Gasteiger partial charge in [-0.25, -0.2) is 0 Å². The zero-order valence-corrected chi connectivity index (χ0v) is 17.7. The number of allylic oxidation sites excluding steroid dienone is 1. The molecule has 1 aliphatic heterocycles. The number of phenols is 1. The van der Waals surface area contributed by atoms with Crippen LogP contribution in [0.15, 0.2) is 47.0 Å². The van der Waals surface area contributed by atoms with Gasteiger partial charge < -0.3 is 5.11 Å². The summed E-state index contributed by atoms with van der Waals surface area (Å²) in [6.45, 7) is 7.92. The lowest BCUT2D eigenvalue weighted by molar-refractivity contribution is -0.124. The van der Waals surface area contributed by atoms with Crippen LogP contribution in [0.2, 0.25) is 0 Å². The van der Waals surface area contributed by atoms with E-state index in [0.717, 1.165) is 40.1 Å². The predicted octanol–water partition coefficient (Wildman–Crippen LogP) is 5.16. The number of aliphatic imine (C=N–C) groups is 1. The minimum atomic E-state index is -0.418. The van der Waals surface area contributed by atoms with Gasteiger partial charge in [-0.1, -0.05) is 50.2 Å². The van der Waals surface area contributed by atoms with Gasteiger partial charge in [-0.15, -0.1) is 0 Å². The Labute approximate surface area is 176 Å². The van der Waals surface area contributed by atoms with Crippen LogP contribution < -0.4 is 0 Å². The van der Waals surface area contributed by atoms with E-state index >= 15 is 0 Å². The first-order valence-corrected chi connectivity index (χ1v) is 10.5. The quantitative estimate of drug-likeness (QED) is 0.720. The monoisotopic (exact) mass is 399 g/mol. The molecule has 1 heterocycles. The Kier molecular flexibility index (Phi) is 3.95. The Balaban J connectivity index is 1.78. The van der Waals surface area contributed by atoms with Crippen LogP contribution in [-0.4, -0.2) is 22.4 Å². The Morgan fingerprint density at radius 1 is 0.967 bits per heavy atom. The number of carbonyl (C=O) groups excluding carboxylic acids is 2. The number of ketones is 2. The molecule has 1 N–H and O–H groups in total. The molecule has 4 nitrogen and oxygen atoms in total. The third kappa shape index (κ3) is 2.63. The highest BCUT2D eigenvalue weighted by Gasteiger charge is 2.50. The summed E-state index contributed by atoms with van der Waals surface area (Å²) < 4.78 is 0. The van der Waals surface area contributed by atoms with E-state index in [1.54, 1.807) is 0 Å². The number of Topliss-reactive ketones (excluding diaryl/α,β-unsaturated/α-hetero) is 2. The molecular formula is C26H25NO3. The summed E-state index contributed by atoms with van der Waals surface area (Å²) >= 11 is 0. The van der Waals surface area contributed by atoms with Crippen LogP contribution in [0.1, 0.15) is 65.2 Å². The number of carbonyl (C=O) groups is 2. The van der Waals surface area contributed by atoms with E-state index < -0.39 is 5.92 Å². The van der Waals surface area contributed by atoms with Gasteiger partial charge in [0.25, 0.3) is 0 Å². The largest absolute Gasteiger partial charge is 0.507 e. The molecule has 4 heteroatoms. The Hall–Kier alpha value is -3.01. The van der Waals surface area contributed by atoms with Crippen LogP contribution in [0.3, 0.4) is 0 Å². The Morgan fingerprint density at radius 3 is 2.27 bits per heavy atom. The fourth-order valence-electron chi connectivity index (χ4n) is 5.45. The van der Waals surface area contributed by atoms with Gasteiger partial charge in [0, 0.05) is 34.8 Å². The van der Waals surface area contributed by atoms with Crippen molar-refractivity contribution in [2.45, 2.75) is 46.5 Å². The van der Waals surface area contributed by atoms with Crippen molar-refractivity contribution in [3.63, 3.8) is 0 Å². The van der Waals surface area contributed by atoms with E-state index in [2.05, 4.69) is 13.8 Å². The van der Waals surface area contributed by atoms with Gasteiger partial charge in [-0.05, 0) is 42.4 Å². The van der Waals surface area contributed by atoms with Crippen molar-refractivity contribution in [3.8, 4) is 5.75 Å². The Morgan fingerprint density at radius 2 is 1.60 bits per heavy atom. The molecule has 152 valence electrons. The average Bonchev–Trinajstić information content (AvgIpc) is 2.96. The highest BCUT2D eigenvalue weighted by molar-refractivity contribution is 6.25. The molecule has 0 radical (unpaired) electrons. The van der Waals surface area contributed by atoms with E-state index in [9.17, 15) is 14.7 Å². The maximum absolute atomic E-state index is 13.5. The highest BCUT2D eigenvalue weighted by atomic mass is 16.3. The topological polar surface area (TPSA) is 66.7 Å². The summed E-state index contributed by atoms with van der Waals surface area (Å²) in [5.74, 6) is -0.412. The lowest BCUT2D eigenvalue weighted by Gasteiger charge is -2.40. The SMILES string of the molecule is Cc1cc([C@H]2C3=C(N=C4CC(C)(C)CC(=O)[C@H]42)c2ccccc2C3=O)cc(C)c1O. The number of hydrogen-bond acceptors (Lipinski definition) is 4. The molecule has 0 spiro atoms. The summed E-state index contributed by atoms with van der Waals surface area (Å²) in [5.41, 5.74) is 6.02. The second-order valence-corrected chi connectivity index (χ2v) is 9.68. The third-order valence-electron chi connectivity index (χ3n) is 6.72. The molecule has 2 aromatic rings. The molecule has 1 saturated carbocycles. The zero-order chi connectivity index (χ0) is 21.4. The number of rotatable bonds is 1. The van der Waals surface area contributed by atoms with Crippen LogP contribution in [0, 0.1) is 25.2 Å². The van der Waals surface area contributed by atoms with E-state index in [0.29, 0.717) is 17.6 Å². The van der Waals surface area contributed by atoms with Crippen molar-refractivity contribution >= 4 is 23.0 Å². The predicted molar refractivity (Wildman–Crippen MR) is 117 cm³/mol. The van der Waals surface area contributed by atoms with Crippen LogP contribution in [0.25, 0.3) is 5.70 Å². The summed E-state index contributed by atoms with van der Waals surface area (Å²) in [6.07, 6.45) is 1.22. The minimum absolute atomic E-state index is 0.0329. The van der Waals surface area contributed by atoms with Crippen molar-refractivity contribution in [2.75, 3.05) is 0 Å². The second-order valence-electron chi connectivity index (χ2n) is 9.68. The summed E-state index contributed by atoms with van der Waals surface area (Å²) in [4.78, 5) is 31.8. The molecular weight excluding hydrogens is 374 g/mol. The molecule has 2 aliphatic carbocycles. The number of nitrogens with zero attached hydrogens (tertiary/aromatic N) is 1. The van der Waals surface area contributed by atoms with Gasteiger partial charge in [-0.2, -0.15) is 0 Å². The first-order chi connectivity index (χ1) is 14.2. The molecule has 3 aliphatic rings. The van der Waals surface area contributed by atoms with Crippen molar-refractivity contribution in [1.82, 2.24) is 0 Å². The molecule has 30 heavy (non-hydrogen) atoms. The first kappa shape index (κ1) is 19.0. The van der Waals surface area contributed by atoms with Gasteiger partial charge in [0.15, 0.2) is 5.78 Å². The summed E-state index contributed by atoms with van der Waals surface area (Å²) in [5, 5.41) is 10.3. The molecule has 2 atom stereocenters. The molecule has 0 aromatic heterocycles. The van der Waals surface area contributed by atoms with Crippen LogP contribution >= 0.6 is 0 Å². The number of hydrogen-bond donors (Lipinski definition) is 1. The summed E-state index contributed by atoms with van der Waals surface area (Å²) in [6, 6.07) is 11.4. The maximum atomic E-state index is 13.5. The van der Waals surface area contributed by atoms with Crippen LogP contribution in [0.4, 0.5) is 0 Å². The van der Waals surface area contributed by atoms with Gasteiger partial charge >= 0.3 is 0 Å². The average molecular weight is 399 g/mol. The highest BCUT2D eigenvalue weighted by Crippen LogP contribution is 2.52. The normalized spacial score (nSPS) is 24.3. The van der Waals surface area contributed by atoms with Crippen molar-refractivity contribution < 1.29 is 14.7 Å². The molecule has 1 fully saturated rings. The molecule has 5 rings (SSSR count). The molecule has 0 amide bonds. The lowest BCUT2D eigenvalue weighted by atomic mass is 9.63. The smallest absolute Gasteiger partial charge is 0.192 e. The maximum Gasteiger partial charge on any atom is 0.192 e. The van der Waals surface area contributed by atoms with E-state index in [4.69, 9.17) is 4.99 Å². The van der Waals surface area contributed by atoms with E-state index in [1.165, 1.54) is 0 Å². The minimum Gasteiger partial charge on any atom is -0.507 e. The number of phenolic OH excluding ortho intramolecular Hbond substituents is 1. The summed E-state index contributed by atoms with van der Waals surface area (Å²) in [7, 11) is 0. The molecule has 2 aromatic carbocycles. The van der Waals surface area contributed by atoms with Gasteiger partial charge in [0.1, 0.15) is 11.5 Å². The first-order valence-electron chi connectivity index (χ1n) is 10.5. The number of benzene rings is 2. The molecule has 0 unspecified atom stereocenters. The van der Waals surface area contributed by atoms with Gasteiger partial charge in [0.05, 0.1) is 11.6 Å². The van der Waals surface area contributed by atoms with E-state index in [-0.39, 0.29) is 28.6 Å². The zero-order valence-electron chi connectivity index (χ0n) is 17.7. The number of fused-ring (bicyclic) bond motifs is 3. The third-order valence-corrected chi connectivity index (χ3v) is 6.72. The fourth-order valence-corrected chi connectivity index (χ4v) is 5.45. The molecule has 0 saturated heterocycles. The van der Waals surface area contributed by atoms with Crippen LogP contribution in [-0.2, 0) is 4.79 Å². The van der Waals surface area contributed by atoms with Gasteiger partial charge in [-0.3, -0.25) is 14.6 Å². The number of aromatic hydroxyl groups is 1. The number of aryl methyl sites for hydroxylation is 2. The van der Waals surface area contributed by atoms with E-state index in [1.807, 2.05) is 50.2 Å².